The summed E-state index contributed by atoms with van der Waals surface area (Å²) in [5.41, 5.74) is -2.03. The van der Waals surface area contributed by atoms with E-state index in [-0.39, 0.29) is 5.69 Å². The Hall–Kier alpha value is -2.68. The van der Waals surface area contributed by atoms with Gasteiger partial charge < -0.3 is 9.72 Å². The standard InChI is InChI=1S/C15H14BrN3O5/c1-2-7-24-12-6-4-9(8-10(12)16)3-5-11-13(19(22)23)14(20)18-15(21)17-11/h3-6,8H,2,7H2,1H3,(H2,17,18,20,21)/b5-3+. The highest BCUT2D eigenvalue weighted by molar-refractivity contribution is 9.10. The van der Waals surface area contributed by atoms with E-state index in [2.05, 4.69) is 20.9 Å². The third-order valence-electron chi connectivity index (χ3n) is 2.99. The van der Waals surface area contributed by atoms with Crippen molar-refractivity contribution in [3.8, 4) is 5.75 Å². The van der Waals surface area contributed by atoms with Crippen molar-refractivity contribution < 1.29 is 9.66 Å². The molecular weight excluding hydrogens is 382 g/mol. The second-order valence-corrected chi connectivity index (χ2v) is 5.65. The predicted molar refractivity (Wildman–Crippen MR) is 93.2 cm³/mol. The molecule has 0 aliphatic carbocycles. The number of aromatic nitrogens is 2. The minimum atomic E-state index is -1.05. The Labute approximate surface area is 144 Å². The van der Waals surface area contributed by atoms with Gasteiger partial charge in [-0.3, -0.25) is 19.9 Å². The Morgan fingerprint density at radius 3 is 2.67 bits per heavy atom. The smallest absolute Gasteiger partial charge is 0.357 e. The Balaban J connectivity index is 2.35. The zero-order valence-corrected chi connectivity index (χ0v) is 14.3. The molecule has 0 radical (unpaired) electrons. The van der Waals surface area contributed by atoms with Gasteiger partial charge in [-0.25, -0.2) is 4.79 Å². The number of H-pyrrole nitrogens is 2. The summed E-state index contributed by atoms with van der Waals surface area (Å²) in [4.78, 5) is 37.0. The van der Waals surface area contributed by atoms with Crippen LogP contribution < -0.4 is 16.0 Å². The van der Waals surface area contributed by atoms with Gasteiger partial charge in [0.2, 0.25) is 0 Å². The molecule has 0 amide bonds. The average Bonchev–Trinajstić information content (AvgIpc) is 2.51. The van der Waals surface area contributed by atoms with E-state index >= 15 is 0 Å². The zero-order valence-electron chi connectivity index (χ0n) is 12.7. The lowest BCUT2D eigenvalue weighted by molar-refractivity contribution is -0.386. The Kier molecular flexibility index (Phi) is 5.69. The number of hydrogen-bond donors (Lipinski definition) is 2. The normalized spacial score (nSPS) is 10.9. The van der Waals surface area contributed by atoms with E-state index in [9.17, 15) is 19.7 Å². The molecule has 2 N–H and O–H groups in total. The SMILES string of the molecule is CCCOc1ccc(/C=C/c2[nH]c(=O)[nH]c(=O)c2[N+](=O)[O-])cc1Br. The minimum Gasteiger partial charge on any atom is -0.492 e. The number of nitro groups is 1. The molecule has 0 bridgehead atoms. The second kappa shape index (κ2) is 7.73. The molecule has 0 saturated carbocycles. The van der Waals surface area contributed by atoms with E-state index in [1.54, 1.807) is 24.3 Å². The van der Waals surface area contributed by atoms with Crippen LogP contribution in [0.25, 0.3) is 12.2 Å². The van der Waals surface area contributed by atoms with Crippen LogP contribution in [0.5, 0.6) is 5.75 Å². The Bertz CT molecular complexity index is 901. The number of halogens is 1. The van der Waals surface area contributed by atoms with Gasteiger partial charge in [-0.15, -0.1) is 0 Å². The largest absolute Gasteiger partial charge is 0.492 e. The van der Waals surface area contributed by atoms with Crippen LogP contribution in [0.15, 0.2) is 32.3 Å². The number of nitrogens with zero attached hydrogens (tertiary/aromatic N) is 1. The summed E-state index contributed by atoms with van der Waals surface area (Å²) < 4.78 is 6.26. The molecule has 0 saturated heterocycles. The van der Waals surface area contributed by atoms with Crippen LogP contribution in [0.3, 0.4) is 0 Å². The molecule has 1 heterocycles. The molecule has 1 aromatic heterocycles. The van der Waals surface area contributed by atoms with Gasteiger partial charge in [-0.2, -0.15) is 0 Å². The van der Waals surface area contributed by atoms with Crippen LogP contribution in [0, 0.1) is 10.1 Å². The highest BCUT2D eigenvalue weighted by atomic mass is 79.9. The van der Waals surface area contributed by atoms with E-state index in [1.165, 1.54) is 6.08 Å². The molecule has 1 aromatic carbocycles. The fourth-order valence-corrected chi connectivity index (χ4v) is 2.44. The maximum absolute atomic E-state index is 11.5. The molecule has 8 nitrogen and oxygen atoms in total. The van der Waals surface area contributed by atoms with E-state index in [1.807, 2.05) is 11.9 Å². The van der Waals surface area contributed by atoms with Gasteiger partial charge >= 0.3 is 16.9 Å². The molecule has 9 heteroatoms. The Morgan fingerprint density at radius 1 is 1.29 bits per heavy atom. The van der Waals surface area contributed by atoms with Gasteiger partial charge in [0, 0.05) is 0 Å². The van der Waals surface area contributed by atoms with Gasteiger partial charge in [0.1, 0.15) is 11.4 Å². The van der Waals surface area contributed by atoms with Crippen LogP contribution in [0.2, 0.25) is 0 Å². The maximum atomic E-state index is 11.5. The summed E-state index contributed by atoms with van der Waals surface area (Å²) in [6, 6.07) is 5.27. The van der Waals surface area contributed by atoms with Gasteiger partial charge in [0.05, 0.1) is 16.0 Å². The second-order valence-electron chi connectivity index (χ2n) is 4.80. The fraction of sp³-hybridized carbons (Fsp3) is 0.200. The highest BCUT2D eigenvalue weighted by Crippen LogP contribution is 2.27. The summed E-state index contributed by atoms with van der Waals surface area (Å²) >= 11 is 3.38. The van der Waals surface area contributed by atoms with Gasteiger partial charge in [-0.05, 0) is 46.1 Å². The molecule has 0 aliphatic heterocycles. The van der Waals surface area contributed by atoms with E-state index in [4.69, 9.17) is 4.74 Å². The monoisotopic (exact) mass is 395 g/mol. The molecule has 2 rings (SSSR count). The number of rotatable bonds is 6. The van der Waals surface area contributed by atoms with E-state index < -0.39 is 21.9 Å². The van der Waals surface area contributed by atoms with Crippen LogP contribution in [-0.4, -0.2) is 21.5 Å². The van der Waals surface area contributed by atoms with Crippen LogP contribution in [-0.2, 0) is 0 Å². The van der Waals surface area contributed by atoms with Crippen molar-refractivity contribution in [1.82, 2.24) is 9.97 Å². The average molecular weight is 396 g/mol. The number of benzene rings is 1. The lowest BCUT2D eigenvalue weighted by Crippen LogP contribution is -2.25. The summed E-state index contributed by atoms with van der Waals surface area (Å²) in [5, 5.41) is 11.0. The summed E-state index contributed by atoms with van der Waals surface area (Å²) in [6.45, 7) is 2.59. The fourth-order valence-electron chi connectivity index (χ4n) is 1.93. The topological polar surface area (TPSA) is 118 Å². The van der Waals surface area contributed by atoms with Crippen molar-refractivity contribution >= 4 is 33.8 Å². The number of ether oxygens (including phenoxy) is 1. The van der Waals surface area contributed by atoms with Crippen LogP contribution in [0.1, 0.15) is 24.6 Å². The van der Waals surface area contributed by atoms with Crippen LogP contribution >= 0.6 is 15.9 Å². The van der Waals surface area contributed by atoms with E-state index in [0.29, 0.717) is 17.9 Å². The number of nitrogens with one attached hydrogen (secondary N) is 2. The molecule has 2 aromatic rings. The van der Waals surface area contributed by atoms with Crippen molar-refractivity contribution in [3.63, 3.8) is 0 Å². The van der Waals surface area contributed by atoms with Crippen molar-refractivity contribution in [1.29, 1.82) is 0 Å². The minimum absolute atomic E-state index is 0.170. The molecule has 0 fully saturated rings. The molecule has 126 valence electrons. The number of hydrogen-bond acceptors (Lipinski definition) is 5. The summed E-state index contributed by atoms with van der Waals surface area (Å²) in [6.07, 6.45) is 3.74. The lowest BCUT2D eigenvalue weighted by Gasteiger charge is -2.07. The first-order chi connectivity index (χ1) is 11.4. The van der Waals surface area contributed by atoms with Crippen molar-refractivity contribution in [2.24, 2.45) is 0 Å². The van der Waals surface area contributed by atoms with Gasteiger partial charge in [-0.1, -0.05) is 19.1 Å². The van der Waals surface area contributed by atoms with Crippen molar-refractivity contribution in [2.75, 3.05) is 6.61 Å². The first kappa shape index (κ1) is 17.7. The molecule has 0 spiro atoms. The molecule has 0 atom stereocenters. The highest BCUT2D eigenvalue weighted by Gasteiger charge is 2.18. The summed E-state index contributed by atoms with van der Waals surface area (Å²) in [5.74, 6) is 0.685. The molecule has 0 unspecified atom stereocenters. The van der Waals surface area contributed by atoms with Gasteiger partial charge in [0.25, 0.3) is 0 Å². The first-order valence-corrected chi connectivity index (χ1v) is 7.83. The number of aromatic amines is 2. The van der Waals surface area contributed by atoms with Gasteiger partial charge in [0.15, 0.2) is 0 Å². The third-order valence-corrected chi connectivity index (χ3v) is 3.61. The molecule has 0 aliphatic rings. The third kappa shape index (κ3) is 4.19. The lowest BCUT2D eigenvalue weighted by atomic mass is 10.2. The van der Waals surface area contributed by atoms with Crippen molar-refractivity contribution in [3.05, 3.63) is 64.9 Å². The zero-order chi connectivity index (χ0) is 17.7. The molecule has 24 heavy (non-hydrogen) atoms. The maximum Gasteiger partial charge on any atom is 0.357 e. The predicted octanol–water partition coefficient (Wildman–Crippen LogP) is 2.69. The summed E-state index contributed by atoms with van der Waals surface area (Å²) in [7, 11) is 0. The van der Waals surface area contributed by atoms with Crippen LogP contribution in [0.4, 0.5) is 5.69 Å². The molecular formula is C15H14BrN3O5. The Morgan fingerprint density at radius 2 is 2.04 bits per heavy atom. The van der Waals surface area contributed by atoms with E-state index in [0.717, 1.165) is 10.9 Å². The first-order valence-electron chi connectivity index (χ1n) is 7.03. The quantitative estimate of drug-likeness (QED) is 0.575. The van der Waals surface area contributed by atoms with Crippen molar-refractivity contribution in [2.45, 2.75) is 13.3 Å².